The van der Waals surface area contributed by atoms with Crippen LogP contribution in [0, 0.1) is 6.92 Å². The minimum absolute atomic E-state index is 0.0741. The average molecular weight is 162 g/mol. The number of Topliss-reactive ketones (excluding diaryl/α,β-unsaturated/α-hetero) is 1. The highest BCUT2D eigenvalue weighted by atomic mass is 16.1. The molecule has 0 saturated heterocycles. The summed E-state index contributed by atoms with van der Waals surface area (Å²) in [4.78, 5) is 19.2. The molecule has 0 N–H and O–H groups in total. The maximum Gasteiger partial charge on any atom is 0.175 e. The SMILES string of the molecule is CBCC(=O)c1cnc(C)cn1. The third-order valence-corrected chi connectivity index (χ3v) is 1.54. The molecule has 0 spiro atoms. The fraction of sp³-hybridized carbons (Fsp3) is 0.375. The Balaban J connectivity index is 2.75. The van der Waals surface area contributed by atoms with Gasteiger partial charge in [-0.25, -0.2) is 4.98 Å². The Labute approximate surface area is 72.5 Å². The summed E-state index contributed by atoms with van der Waals surface area (Å²) in [5, 5.41) is 0. The molecule has 1 aromatic heterocycles. The molecule has 0 atom stereocenters. The van der Waals surface area contributed by atoms with Gasteiger partial charge in [0.1, 0.15) is 13.0 Å². The molecule has 0 aliphatic rings. The van der Waals surface area contributed by atoms with Gasteiger partial charge in [0.05, 0.1) is 11.9 Å². The first kappa shape index (κ1) is 8.91. The molecule has 0 unspecified atom stereocenters. The number of carbonyl (C=O) groups excluding carboxylic acids is 1. The number of rotatable bonds is 3. The molecule has 0 bridgehead atoms. The number of aryl methyl sites for hydroxylation is 1. The van der Waals surface area contributed by atoms with Gasteiger partial charge in [-0.3, -0.25) is 9.78 Å². The number of ketones is 1. The first-order valence-electron chi connectivity index (χ1n) is 4.06. The van der Waals surface area contributed by atoms with Gasteiger partial charge in [-0.2, -0.15) is 0 Å². The molecule has 0 radical (unpaired) electrons. The van der Waals surface area contributed by atoms with E-state index in [-0.39, 0.29) is 5.78 Å². The van der Waals surface area contributed by atoms with Crippen LogP contribution in [0.4, 0.5) is 0 Å². The van der Waals surface area contributed by atoms with E-state index in [1.54, 1.807) is 6.20 Å². The number of aromatic nitrogens is 2. The van der Waals surface area contributed by atoms with Crippen molar-refractivity contribution in [1.82, 2.24) is 9.97 Å². The van der Waals surface area contributed by atoms with E-state index in [1.165, 1.54) is 6.20 Å². The van der Waals surface area contributed by atoms with Gasteiger partial charge in [-0.15, -0.1) is 0 Å². The van der Waals surface area contributed by atoms with Gasteiger partial charge in [0.15, 0.2) is 5.78 Å². The standard InChI is InChI=1S/C8H11BN2O/c1-6-4-11-7(5-10-6)8(12)3-9-2/h4-5,9H,3H2,1-2H3. The van der Waals surface area contributed by atoms with Crippen molar-refractivity contribution < 1.29 is 4.79 Å². The predicted octanol–water partition coefficient (Wildman–Crippen LogP) is 0.871. The summed E-state index contributed by atoms with van der Waals surface area (Å²) in [6, 6.07) is 0. The summed E-state index contributed by atoms with van der Waals surface area (Å²) in [5.41, 5.74) is 1.31. The largest absolute Gasteiger partial charge is 0.293 e. The molecule has 1 heterocycles. The van der Waals surface area contributed by atoms with Crippen molar-refractivity contribution in [2.75, 3.05) is 0 Å². The van der Waals surface area contributed by atoms with Gasteiger partial charge in [0.25, 0.3) is 0 Å². The number of carbonyl (C=O) groups is 1. The van der Waals surface area contributed by atoms with Gasteiger partial charge >= 0.3 is 0 Å². The van der Waals surface area contributed by atoms with Crippen molar-refractivity contribution in [3.63, 3.8) is 0 Å². The van der Waals surface area contributed by atoms with Crippen LogP contribution in [0.25, 0.3) is 0 Å². The Kier molecular flexibility index (Phi) is 2.97. The molecule has 0 amide bonds. The molecule has 0 saturated carbocycles. The van der Waals surface area contributed by atoms with Crippen LogP contribution < -0.4 is 0 Å². The quantitative estimate of drug-likeness (QED) is 0.489. The van der Waals surface area contributed by atoms with E-state index in [1.807, 2.05) is 13.7 Å². The summed E-state index contributed by atoms with van der Waals surface area (Å²) in [5.74, 6) is 0.0741. The second-order valence-electron chi connectivity index (χ2n) is 2.72. The summed E-state index contributed by atoms with van der Waals surface area (Å²) in [6.07, 6.45) is 3.70. The molecule has 12 heavy (non-hydrogen) atoms. The van der Waals surface area contributed by atoms with E-state index in [4.69, 9.17) is 0 Å². The lowest BCUT2D eigenvalue weighted by molar-refractivity contribution is 0.101. The van der Waals surface area contributed by atoms with E-state index in [0.717, 1.165) is 13.0 Å². The molecule has 1 aromatic rings. The summed E-state index contributed by atoms with van der Waals surface area (Å²) in [6.45, 7) is 3.82. The number of nitrogens with zero attached hydrogens (tertiary/aromatic N) is 2. The Morgan fingerprint density at radius 3 is 2.75 bits per heavy atom. The third-order valence-electron chi connectivity index (χ3n) is 1.54. The minimum atomic E-state index is 0.0741. The lowest BCUT2D eigenvalue weighted by Gasteiger charge is -1.96. The van der Waals surface area contributed by atoms with Gasteiger partial charge in [-0.1, -0.05) is 6.82 Å². The van der Waals surface area contributed by atoms with Crippen molar-refractivity contribution in [1.29, 1.82) is 0 Å². The third kappa shape index (κ3) is 2.15. The van der Waals surface area contributed by atoms with E-state index < -0.39 is 0 Å². The summed E-state index contributed by atoms with van der Waals surface area (Å²) < 4.78 is 0. The molecule has 0 aromatic carbocycles. The highest BCUT2D eigenvalue weighted by Crippen LogP contribution is 1.98. The second-order valence-corrected chi connectivity index (χ2v) is 2.72. The summed E-state index contributed by atoms with van der Waals surface area (Å²) >= 11 is 0. The Morgan fingerprint density at radius 1 is 1.50 bits per heavy atom. The molecule has 1 rings (SSSR count). The Bertz CT molecular complexity index is 271. The Hall–Kier alpha value is -1.19. The minimum Gasteiger partial charge on any atom is -0.293 e. The van der Waals surface area contributed by atoms with Crippen molar-refractivity contribution in [3.8, 4) is 0 Å². The molecule has 4 heteroatoms. The van der Waals surface area contributed by atoms with E-state index in [2.05, 4.69) is 9.97 Å². The first-order chi connectivity index (χ1) is 5.74. The predicted molar refractivity (Wildman–Crippen MR) is 48.9 cm³/mol. The molecule has 62 valence electrons. The monoisotopic (exact) mass is 162 g/mol. The van der Waals surface area contributed by atoms with E-state index in [9.17, 15) is 4.79 Å². The molecular weight excluding hydrogens is 151 g/mol. The molecule has 0 fully saturated rings. The van der Waals surface area contributed by atoms with Crippen LogP contribution in [-0.4, -0.2) is 23.0 Å². The van der Waals surface area contributed by atoms with Crippen molar-refractivity contribution in [3.05, 3.63) is 23.8 Å². The highest BCUT2D eigenvalue weighted by Gasteiger charge is 2.05. The van der Waals surface area contributed by atoms with E-state index >= 15 is 0 Å². The van der Waals surface area contributed by atoms with Gasteiger partial charge in [-0.05, 0) is 13.2 Å². The fourth-order valence-electron chi connectivity index (χ4n) is 0.892. The zero-order valence-corrected chi connectivity index (χ0v) is 7.37. The second kappa shape index (κ2) is 4.00. The zero-order valence-electron chi connectivity index (χ0n) is 7.37. The average Bonchev–Trinajstić information content (AvgIpc) is 2.06. The zero-order chi connectivity index (χ0) is 8.97. The normalized spacial score (nSPS) is 9.50. The van der Waals surface area contributed by atoms with Crippen LogP contribution in [0.3, 0.4) is 0 Å². The molecular formula is C8H11BN2O. The molecule has 3 nitrogen and oxygen atoms in total. The maximum atomic E-state index is 11.3. The lowest BCUT2D eigenvalue weighted by Crippen LogP contribution is -2.04. The van der Waals surface area contributed by atoms with Crippen molar-refractivity contribution in [2.24, 2.45) is 0 Å². The Morgan fingerprint density at radius 2 is 2.25 bits per heavy atom. The van der Waals surface area contributed by atoms with Gasteiger partial charge in [0, 0.05) is 6.20 Å². The summed E-state index contributed by atoms with van der Waals surface area (Å²) in [7, 11) is 0.856. The van der Waals surface area contributed by atoms with E-state index in [0.29, 0.717) is 12.0 Å². The highest BCUT2D eigenvalue weighted by molar-refractivity contribution is 6.41. The molecule has 0 aliphatic carbocycles. The van der Waals surface area contributed by atoms with Crippen LogP contribution in [0.2, 0.25) is 13.1 Å². The van der Waals surface area contributed by atoms with Crippen LogP contribution in [0.15, 0.2) is 12.4 Å². The fourth-order valence-corrected chi connectivity index (χ4v) is 0.892. The topological polar surface area (TPSA) is 42.9 Å². The van der Waals surface area contributed by atoms with Crippen LogP contribution in [0.1, 0.15) is 16.2 Å². The number of hydrogen-bond acceptors (Lipinski definition) is 3. The first-order valence-corrected chi connectivity index (χ1v) is 4.06. The van der Waals surface area contributed by atoms with Crippen LogP contribution in [-0.2, 0) is 0 Å². The molecule has 0 aliphatic heterocycles. The van der Waals surface area contributed by atoms with Crippen molar-refractivity contribution in [2.45, 2.75) is 20.1 Å². The lowest BCUT2D eigenvalue weighted by atomic mass is 9.76. The van der Waals surface area contributed by atoms with Gasteiger partial charge < -0.3 is 0 Å². The smallest absolute Gasteiger partial charge is 0.175 e. The van der Waals surface area contributed by atoms with Crippen molar-refractivity contribution >= 4 is 13.1 Å². The maximum absolute atomic E-state index is 11.3. The van der Waals surface area contributed by atoms with Gasteiger partial charge in [0.2, 0.25) is 0 Å². The van der Waals surface area contributed by atoms with Crippen LogP contribution in [0.5, 0.6) is 0 Å². The van der Waals surface area contributed by atoms with Crippen LogP contribution >= 0.6 is 0 Å². The number of hydrogen-bond donors (Lipinski definition) is 0.